The minimum Gasteiger partial charge on any atom is -0.394 e. The maximum Gasteiger partial charge on any atom is 0.0705 e. The van der Waals surface area contributed by atoms with Gasteiger partial charge in [0.25, 0.3) is 0 Å². The van der Waals surface area contributed by atoms with Gasteiger partial charge >= 0.3 is 0 Å². The molecule has 21 heavy (non-hydrogen) atoms. The predicted octanol–water partition coefficient (Wildman–Crippen LogP) is 2.21. The molecule has 1 fully saturated rings. The van der Waals surface area contributed by atoms with Crippen LogP contribution in [0.15, 0.2) is 36.4 Å². The van der Waals surface area contributed by atoms with Crippen molar-refractivity contribution in [1.82, 2.24) is 9.88 Å². The topological polar surface area (TPSA) is 45.6 Å². The number of para-hydroxylation sites is 1. The molecule has 0 aliphatic carbocycles. The van der Waals surface area contributed by atoms with E-state index in [1.54, 1.807) is 0 Å². The molecule has 0 amide bonds. The molecule has 0 radical (unpaired) electrons. The number of piperidine rings is 1. The second kappa shape index (κ2) is 6.98. The van der Waals surface area contributed by atoms with E-state index in [4.69, 9.17) is 14.8 Å². The molecular weight excluding hydrogens is 264 g/mol. The quantitative estimate of drug-likeness (QED) is 0.915. The fourth-order valence-electron chi connectivity index (χ4n) is 2.94. The van der Waals surface area contributed by atoms with Gasteiger partial charge in [-0.2, -0.15) is 0 Å². The Bertz CT molecular complexity index is 588. The van der Waals surface area contributed by atoms with E-state index in [1.807, 2.05) is 12.1 Å². The summed E-state index contributed by atoms with van der Waals surface area (Å²) in [6, 6.07) is 12.5. The monoisotopic (exact) mass is 286 g/mol. The van der Waals surface area contributed by atoms with Crippen molar-refractivity contribution in [3.8, 4) is 0 Å². The van der Waals surface area contributed by atoms with Crippen LogP contribution in [0, 0.1) is 0 Å². The van der Waals surface area contributed by atoms with Gasteiger partial charge in [-0.3, -0.25) is 9.88 Å². The number of pyridine rings is 1. The second-order valence-electron chi connectivity index (χ2n) is 5.59. The highest BCUT2D eigenvalue weighted by Crippen LogP contribution is 2.17. The summed E-state index contributed by atoms with van der Waals surface area (Å²) in [5.74, 6) is 0. The molecule has 112 valence electrons. The molecular formula is C17H22N2O2. The molecule has 0 saturated carbocycles. The zero-order valence-electron chi connectivity index (χ0n) is 12.2. The third kappa shape index (κ3) is 3.79. The van der Waals surface area contributed by atoms with Gasteiger partial charge < -0.3 is 9.84 Å². The predicted molar refractivity (Wildman–Crippen MR) is 83.1 cm³/mol. The van der Waals surface area contributed by atoms with E-state index in [9.17, 15) is 0 Å². The summed E-state index contributed by atoms with van der Waals surface area (Å²) >= 11 is 0. The van der Waals surface area contributed by atoms with Crippen LogP contribution in [0.3, 0.4) is 0 Å². The highest BCUT2D eigenvalue weighted by Gasteiger charge is 2.20. The summed E-state index contributed by atoms with van der Waals surface area (Å²) in [5, 5.41) is 10.0. The van der Waals surface area contributed by atoms with Gasteiger partial charge in [0.2, 0.25) is 0 Å². The number of hydrogen-bond acceptors (Lipinski definition) is 4. The molecule has 1 aromatic carbocycles. The summed E-state index contributed by atoms with van der Waals surface area (Å²) < 4.78 is 5.66. The molecule has 4 nitrogen and oxygen atoms in total. The van der Waals surface area contributed by atoms with Crippen molar-refractivity contribution < 1.29 is 9.84 Å². The highest BCUT2D eigenvalue weighted by atomic mass is 16.5. The van der Waals surface area contributed by atoms with E-state index < -0.39 is 0 Å². The number of benzene rings is 1. The lowest BCUT2D eigenvalue weighted by Crippen LogP contribution is -2.39. The second-order valence-corrected chi connectivity index (χ2v) is 5.59. The van der Waals surface area contributed by atoms with Gasteiger partial charge in [0.05, 0.1) is 30.5 Å². The van der Waals surface area contributed by atoms with Crippen molar-refractivity contribution in [3.05, 3.63) is 42.1 Å². The van der Waals surface area contributed by atoms with Crippen LogP contribution in [0.5, 0.6) is 0 Å². The number of aliphatic hydroxyl groups is 1. The number of nitrogens with zero attached hydrogens (tertiary/aromatic N) is 2. The van der Waals surface area contributed by atoms with Crippen LogP contribution in [0.2, 0.25) is 0 Å². The summed E-state index contributed by atoms with van der Waals surface area (Å²) in [7, 11) is 0. The Morgan fingerprint density at radius 3 is 3.05 bits per heavy atom. The zero-order valence-corrected chi connectivity index (χ0v) is 12.2. The number of ether oxygens (including phenoxy) is 1. The molecule has 0 bridgehead atoms. The molecule has 1 aliphatic rings. The van der Waals surface area contributed by atoms with Gasteiger partial charge in [-0.1, -0.05) is 24.3 Å². The van der Waals surface area contributed by atoms with Crippen LogP contribution in [0.4, 0.5) is 0 Å². The van der Waals surface area contributed by atoms with E-state index in [0.717, 1.165) is 43.7 Å². The number of rotatable bonds is 5. The van der Waals surface area contributed by atoms with E-state index in [-0.39, 0.29) is 12.7 Å². The Morgan fingerprint density at radius 2 is 2.14 bits per heavy atom. The fraction of sp³-hybridized carbons (Fsp3) is 0.471. The SMILES string of the molecule is OCCO[C@@H]1CCCN(Cc2ccc3ccccc3n2)C1. The minimum atomic E-state index is 0.0999. The normalized spacial score (nSPS) is 20.0. The highest BCUT2D eigenvalue weighted by molar-refractivity contribution is 5.78. The van der Waals surface area contributed by atoms with Crippen molar-refractivity contribution in [1.29, 1.82) is 0 Å². The molecule has 1 aromatic heterocycles. The van der Waals surface area contributed by atoms with Crippen LogP contribution in [-0.4, -0.2) is 47.4 Å². The van der Waals surface area contributed by atoms with Crippen LogP contribution in [-0.2, 0) is 11.3 Å². The maximum absolute atomic E-state index is 8.85. The van der Waals surface area contributed by atoms with Crippen molar-refractivity contribution in [3.63, 3.8) is 0 Å². The standard InChI is InChI=1S/C17H22N2O2/c20-10-11-21-16-5-3-9-19(13-16)12-15-8-7-14-4-1-2-6-17(14)18-15/h1-2,4,6-8,16,20H,3,5,9-13H2/t16-/m1/s1. The fourth-order valence-corrected chi connectivity index (χ4v) is 2.94. The van der Waals surface area contributed by atoms with Crippen molar-refractivity contribution in [2.75, 3.05) is 26.3 Å². The summed E-state index contributed by atoms with van der Waals surface area (Å²) in [4.78, 5) is 7.13. The van der Waals surface area contributed by atoms with Gasteiger partial charge in [0.15, 0.2) is 0 Å². The van der Waals surface area contributed by atoms with E-state index in [0.29, 0.717) is 6.61 Å². The number of likely N-dealkylation sites (tertiary alicyclic amines) is 1. The molecule has 1 aliphatic heterocycles. The summed E-state index contributed by atoms with van der Waals surface area (Å²) in [6.07, 6.45) is 2.47. The molecule has 1 atom stereocenters. The van der Waals surface area contributed by atoms with Gasteiger partial charge in [0, 0.05) is 18.5 Å². The number of aromatic nitrogens is 1. The first-order valence-electron chi connectivity index (χ1n) is 7.64. The number of fused-ring (bicyclic) bond motifs is 1. The lowest BCUT2D eigenvalue weighted by Gasteiger charge is -2.32. The molecule has 0 unspecified atom stereocenters. The zero-order chi connectivity index (χ0) is 14.5. The average Bonchev–Trinajstić information content (AvgIpc) is 2.53. The van der Waals surface area contributed by atoms with E-state index in [2.05, 4.69) is 29.2 Å². The van der Waals surface area contributed by atoms with Gasteiger partial charge in [-0.25, -0.2) is 0 Å². The smallest absolute Gasteiger partial charge is 0.0705 e. The Hall–Kier alpha value is -1.49. The first-order chi connectivity index (χ1) is 10.3. The first kappa shape index (κ1) is 14.4. The van der Waals surface area contributed by atoms with E-state index in [1.165, 1.54) is 5.39 Å². The molecule has 1 saturated heterocycles. The van der Waals surface area contributed by atoms with Crippen molar-refractivity contribution in [2.45, 2.75) is 25.5 Å². The van der Waals surface area contributed by atoms with Gasteiger partial charge in [0.1, 0.15) is 0 Å². The van der Waals surface area contributed by atoms with Crippen molar-refractivity contribution >= 4 is 10.9 Å². The van der Waals surface area contributed by atoms with E-state index >= 15 is 0 Å². The maximum atomic E-state index is 8.85. The van der Waals surface area contributed by atoms with Crippen LogP contribution >= 0.6 is 0 Å². The third-order valence-electron chi connectivity index (χ3n) is 3.95. The average molecular weight is 286 g/mol. The Balaban J connectivity index is 1.64. The molecule has 1 N–H and O–H groups in total. The largest absolute Gasteiger partial charge is 0.394 e. The first-order valence-corrected chi connectivity index (χ1v) is 7.64. The Morgan fingerprint density at radius 1 is 1.24 bits per heavy atom. The van der Waals surface area contributed by atoms with Gasteiger partial charge in [-0.15, -0.1) is 0 Å². The lowest BCUT2D eigenvalue weighted by atomic mass is 10.1. The van der Waals surface area contributed by atoms with Crippen LogP contribution in [0.25, 0.3) is 10.9 Å². The van der Waals surface area contributed by atoms with Crippen LogP contribution in [0.1, 0.15) is 18.5 Å². The van der Waals surface area contributed by atoms with Gasteiger partial charge in [-0.05, 0) is 31.5 Å². The molecule has 2 heterocycles. The van der Waals surface area contributed by atoms with Crippen molar-refractivity contribution in [2.24, 2.45) is 0 Å². The molecule has 0 spiro atoms. The number of hydrogen-bond donors (Lipinski definition) is 1. The Labute approximate surface area is 125 Å². The molecule has 3 rings (SSSR count). The van der Waals surface area contributed by atoms with Crippen LogP contribution < -0.4 is 0 Å². The third-order valence-corrected chi connectivity index (χ3v) is 3.95. The summed E-state index contributed by atoms with van der Waals surface area (Å²) in [5.41, 5.74) is 2.16. The molecule has 4 heteroatoms. The molecule has 2 aromatic rings. The number of aliphatic hydroxyl groups excluding tert-OH is 1. The lowest BCUT2D eigenvalue weighted by molar-refractivity contribution is -0.0165. The summed E-state index contributed by atoms with van der Waals surface area (Å²) in [6.45, 7) is 3.42. The Kier molecular flexibility index (Phi) is 4.80. The minimum absolute atomic E-state index is 0.0999.